The summed E-state index contributed by atoms with van der Waals surface area (Å²) in [6, 6.07) is 0. The number of allylic oxidation sites excluding steroid dienone is 1. The summed E-state index contributed by atoms with van der Waals surface area (Å²) in [7, 11) is 0. The molecule has 0 bridgehead atoms. The number of rotatable bonds is 7. The van der Waals surface area contributed by atoms with Crippen LogP contribution in [0.25, 0.3) is 0 Å². The second kappa shape index (κ2) is 8.06. The van der Waals surface area contributed by atoms with E-state index in [1.807, 2.05) is 0 Å². The Hall–Kier alpha value is -1.10. The normalized spacial score (nSPS) is 11.2. The van der Waals surface area contributed by atoms with E-state index >= 15 is 0 Å². The Bertz CT molecular complexity index is 292. The van der Waals surface area contributed by atoms with E-state index in [2.05, 4.69) is 22.5 Å². The van der Waals surface area contributed by atoms with Gasteiger partial charge in [-0.3, -0.25) is 9.59 Å². The smallest absolute Gasteiger partial charge is 0.327 e. The molecule has 0 spiro atoms. The van der Waals surface area contributed by atoms with E-state index in [1.165, 1.54) is 17.1 Å². The zero-order valence-corrected chi connectivity index (χ0v) is 11.7. The summed E-state index contributed by atoms with van der Waals surface area (Å²) in [5.41, 5.74) is -1.45. The van der Waals surface area contributed by atoms with E-state index in [1.54, 1.807) is 13.8 Å². The molecule has 0 heterocycles. The average Bonchev–Trinajstić information content (AvgIpc) is 2.29. The first-order valence-corrected chi connectivity index (χ1v) is 6.23. The average molecular weight is 305 g/mol. The molecule has 0 radical (unpaired) electrons. The summed E-state index contributed by atoms with van der Waals surface area (Å²) in [4.78, 5) is 25.3. The lowest BCUT2D eigenvalue weighted by Gasteiger charge is -2.24. The molecule has 0 saturated heterocycles. The second-order valence-corrected chi connectivity index (χ2v) is 3.73. The Labute approximate surface area is 110 Å². The molecule has 0 aromatic heterocycles. The highest BCUT2D eigenvalue weighted by Crippen LogP contribution is 2.29. The largest absolute Gasteiger partial charge is 0.465 e. The van der Waals surface area contributed by atoms with Crippen LogP contribution in [0.5, 0.6) is 0 Å². The first kappa shape index (κ1) is 15.9. The van der Waals surface area contributed by atoms with Crippen molar-refractivity contribution in [3.05, 3.63) is 23.7 Å². The molecular formula is C12H17BrO4. The van der Waals surface area contributed by atoms with Crippen LogP contribution in [0, 0.1) is 5.41 Å². The van der Waals surface area contributed by atoms with Gasteiger partial charge in [0, 0.05) is 0 Å². The number of esters is 2. The maximum absolute atomic E-state index is 11.9. The van der Waals surface area contributed by atoms with Crippen LogP contribution in [0.3, 0.4) is 0 Å². The quantitative estimate of drug-likeness (QED) is 0.412. The van der Waals surface area contributed by atoms with Gasteiger partial charge in [-0.1, -0.05) is 22.0 Å². The third-order valence-electron chi connectivity index (χ3n) is 2.09. The van der Waals surface area contributed by atoms with Crippen molar-refractivity contribution < 1.29 is 19.1 Å². The monoisotopic (exact) mass is 304 g/mol. The number of ether oxygens (including phenoxy) is 2. The number of carbonyl (C=O) groups excluding carboxylic acids is 2. The Morgan fingerprint density at radius 1 is 1.24 bits per heavy atom. The lowest BCUT2D eigenvalue weighted by molar-refractivity contribution is -0.167. The molecule has 0 fully saturated rings. The van der Waals surface area contributed by atoms with Crippen LogP contribution < -0.4 is 0 Å². The van der Waals surface area contributed by atoms with Gasteiger partial charge in [-0.25, -0.2) is 0 Å². The third-order valence-corrected chi connectivity index (χ3v) is 2.36. The standard InChI is InChI=1S/C12H17BrO4/c1-4-7-12(8-9-13,10(14)16-5-2)11(15)17-6-3/h4,8-9H,1,5-7H2,2-3H3/b9-8+. The van der Waals surface area contributed by atoms with Gasteiger partial charge >= 0.3 is 11.9 Å². The highest BCUT2D eigenvalue weighted by molar-refractivity contribution is 9.11. The minimum absolute atomic E-state index is 0.132. The zero-order valence-electron chi connectivity index (χ0n) is 10.1. The summed E-state index contributed by atoms with van der Waals surface area (Å²) in [6.45, 7) is 7.31. The number of hydrogen-bond donors (Lipinski definition) is 0. The Morgan fingerprint density at radius 3 is 2.00 bits per heavy atom. The van der Waals surface area contributed by atoms with Crippen LogP contribution in [-0.4, -0.2) is 25.2 Å². The zero-order chi connectivity index (χ0) is 13.3. The molecule has 0 aliphatic heterocycles. The molecular weight excluding hydrogens is 288 g/mol. The molecule has 0 rings (SSSR count). The molecule has 5 heteroatoms. The van der Waals surface area contributed by atoms with Gasteiger partial charge in [0.05, 0.1) is 13.2 Å². The molecule has 0 aromatic carbocycles. The van der Waals surface area contributed by atoms with Crippen molar-refractivity contribution in [3.8, 4) is 0 Å². The molecule has 96 valence electrons. The van der Waals surface area contributed by atoms with Gasteiger partial charge in [-0.2, -0.15) is 0 Å². The van der Waals surface area contributed by atoms with Crippen molar-refractivity contribution in [2.45, 2.75) is 20.3 Å². The molecule has 0 aliphatic rings. The number of carbonyl (C=O) groups is 2. The van der Waals surface area contributed by atoms with E-state index in [4.69, 9.17) is 9.47 Å². The first-order chi connectivity index (χ1) is 8.08. The molecule has 0 aliphatic carbocycles. The summed E-state index contributed by atoms with van der Waals surface area (Å²) >= 11 is 3.06. The van der Waals surface area contributed by atoms with Crippen molar-refractivity contribution in [2.75, 3.05) is 13.2 Å². The van der Waals surface area contributed by atoms with Crippen molar-refractivity contribution in [1.29, 1.82) is 0 Å². The number of hydrogen-bond acceptors (Lipinski definition) is 4. The molecule has 17 heavy (non-hydrogen) atoms. The summed E-state index contributed by atoms with van der Waals surface area (Å²) in [5, 5.41) is 0. The van der Waals surface area contributed by atoms with Crippen molar-refractivity contribution in [3.63, 3.8) is 0 Å². The SMILES string of the molecule is C=CCC(/C=C/Br)(C(=O)OCC)C(=O)OCC. The maximum Gasteiger partial charge on any atom is 0.327 e. The van der Waals surface area contributed by atoms with Gasteiger partial charge in [0.25, 0.3) is 0 Å². The highest BCUT2D eigenvalue weighted by atomic mass is 79.9. The summed E-state index contributed by atoms with van der Waals surface area (Å²) in [5.74, 6) is -1.26. The first-order valence-electron chi connectivity index (χ1n) is 5.32. The molecule has 4 nitrogen and oxygen atoms in total. The lowest BCUT2D eigenvalue weighted by Crippen LogP contribution is -2.40. The van der Waals surface area contributed by atoms with Crippen molar-refractivity contribution in [1.82, 2.24) is 0 Å². The van der Waals surface area contributed by atoms with Crippen LogP contribution in [0.2, 0.25) is 0 Å². The number of halogens is 1. The maximum atomic E-state index is 11.9. The Morgan fingerprint density at radius 2 is 1.71 bits per heavy atom. The molecule has 0 aromatic rings. The predicted octanol–water partition coefficient (Wildman–Crippen LogP) is 2.58. The fourth-order valence-corrected chi connectivity index (χ4v) is 1.76. The summed E-state index contributed by atoms with van der Waals surface area (Å²) in [6.07, 6.45) is 3.04. The fourth-order valence-electron chi connectivity index (χ4n) is 1.31. The fraction of sp³-hybridized carbons (Fsp3) is 0.500. The lowest BCUT2D eigenvalue weighted by atomic mass is 9.84. The molecule has 0 unspecified atom stereocenters. The summed E-state index contributed by atoms with van der Waals surface area (Å²) < 4.78 is 9.84. The van der Waals surface area contributed by atoms with Gasteiger partial charge in [0.15, 0.2) is 5.41 Å². The van der Waals surface area contributed by atoms with Crippen LogP contribution >= 0.6 is 15.9 Å². The van der Waals surface area contributed by atoms with Gasteiger partial charge < -0.3 is 9.47 Å². The van der Waals surface area contributed by atoms with Crippen LogP contribution in [0.4, 0.5) is 0 Å². The van der Waals surface area contributed by atoms with E-state index in [0.717, 1.165) is 0 Å². The predicted molar refractivity (Wildman–Crippen MR) is 68.6 cm³/mol. The van der Waals surface area contributed by atoms with Crippen molar-refractivity contribution in [2.24, 2.45) is 5.41 Å². The van der Waals surface area contributed by atoms with E-state index < -0.39 is 17.4 Å². The highest BCUT2D eigenvalue weighted by Gasteiger charge is 2.45. The van der Waals surface area contributed by atoms with E-state index in [0.29, 0.717) is 0 Å². The Balaban J connectivity index is 5.32. The van der Waals surface area contributed by atoms with Crippen LogP contribution in [0.1, 0.15) is 20.3 Å². The van der Waals surface area contributed by atoms with Gasteiger partial charge in [-0.15, -0.1) is 6.58 Å². The van der Waals surface area contributed by atoms with Crippen LogP contribution in [-0.2, 0) is 19.1 Å². The molecule has 0 saturated carbocycles. The minimum Gasteiger partial charge on any atom is -0.465 e. The molecule has 0 N–H and O–H groups in total. The van der Waals surface area contributed by atoms with Gasteiger partial charge in [-0.05, 0) is 31.3 Å². The second-order valence-electron chi connectivity index (χ2n) is 3.20. The topological polar surface area (TPSA) is 52.6 Å². The molecule has 0 amide bonds. The van der Waals surface area contributed by atoms with Crippen LogP contribution in [0.15, 0.2) is 23.7 Å². The van der Waals surface area contributed by atoms with Gasteiger partial charge in [0.2, 0.25) is 0 Å². The minimum atomic E-state index is -1.45. The van der Waals surface area contributed by atoms with E-state index in [9.17, 15) is 9.59 Å². The van der Waals surface area contributed by atoms with Crippen molar-refractivity contribution >= 4 is 27.9 Å². The third kappa shape index (κ3) is 4.00. The van der Waals surface area contributed by atoms with E-state index in [-0.39, 0.29) is 19.6 Å². The van der Waals surface area contributed by atoms with Gasteiger partial charge in [0.1, 0.15) is 0 Å². The Kier molecular flexibility index (Phi) is 7.54. The molecule has 0 atom stereocenters.